The number of benzene rings is 1. The van der Waals surface area contributed by atoms with Crippen LogP contribution in [0.25, 0.3) is 0 Å². The van der Waals surface area contributed by atoms with Gasteiger partial charge in [-0.2, -0.15) is 0 Å². The van der Waals surface area contributed by atoms with Crippen LogP contribution < -0.4 is 10.5 Å². The van der Waals surface area contributed by atoms with E-state index >= 15 is 0 Å². The molecule has 1 aromatic heterocycles. The number of hydrogen-bond donors (Lipinski definition) is 2. The first-order valence-electron chi connectivity index (χ1n) is 5.31. The summed E-state index contributed by atoms with van der Waals surface area (Å²) in [5, 5.41) is 8.80. The van der Waals surface area contributed by atoms with Crippen LogP contribution in [0.5, 0.6) is 5.75 Å². The van der Waals surface area contributed by atoms with Crippen LogP contribution in [0, 0.1) is 0 Å². The summed E-state index contributed by atoms with van der Waals surface area (Å²) < 4.78 is 5.50. The molecule has 0 aliphatic carbocycles. The van der Waals surface area contributed by atoms with Gasteiger partial charge in [-0.1, -0.05) is 6.07 Å². The van der Waals surface area contributed by atoms with Crippen LogP contribution in [0.2, 0.25) is 0 Å². The van der Waals surface area contributed by atoms with Crippen LogP contribution in [0.15, 0.2) is 42.7 Å². The van der Waals surface area contributed by atoms with Gasteiger partial charge < -0.3 is 15.6 Å². The Morgan fingerprint density at radius 3 is 2.83 bits per heavy atom. The maximum absolute atomic E-state index is 10.7. The highest BCUT2D eigenvalue weighted by Gasteiger charge is 2.07. The standard InChI is InChI=1S/C13H12N2O3/c14-11-6-10(13(16)17)3-4-12(11)18-8-9-2-1-5-15-7-9/h1-7H,8,14H2,(H,16,17). The third-order valence-corrected chi connectivity index (χ3v) is 2.37. The lowest BCUT2D eigenvalue weighted by Crippen LogP contribution is -2.02. The molecule has 2 rings (SSSR count). The number of aromatic carboxylic acids is 1. The minimum absolute atomic E-state index is 0.140. The maximum atomic E-state index is 10.7. The number of nitrogen functional groups attached to an aromatic ring is 1. The fraction of sp³-hybridized carbons (Fsp3) is 0.0769. The van der Waals surface area contributed by atoms with Crippen LogP contribution in [-0.2, 0) is 6.61 Å². The second-order valence-corrected chi connectivity index (χ2v) is 3.71. The molecule has 0 amide bonds. The number of nitrogens with two attached hydrogens (primary N) is 1. The van der Waals surface area contributed by atoms with Crippen molar-refractivity contribution >= 4 is 11.7 Å². The van der Waals surface area contributed by atoms with Crippen molar-refractivity contribution in [2.45, 2.75) is 6.61 Å². The number of nitrogens with zero attached hydrogens (tertiary/aromatic N) is 1. The Morgan fingerprint density at radius 1 is 1.39 bits per heavy atom. The Morgan fingerprint density at radius 2 is 2.22 bits per heavy atom. The average molecular weight is 244 g/mol. The van der Waals surface area contributed by atoms with Crippen molar-refractivity contribution in [2.75, 3.05) is 5.73 Å². The van der Waals surface area contributed by atoms with E-state index in [1.165, 1.54) is 12.1 Å². The van der Waals surface area contributed by atoms with E-state index in [4.69, 9.17) is 15.6 Å². The Hall–Kier alpha value is -2.56. The van der Waals surface area contributed by atoms with E-state index < -0.39 is 5.97 Å². The zero-order valence-electron chi connectivity index (χ0n) is 9.54. The predicted molar refractivity (Wildman–Crippen MR) is 66.4 cm³/mol. The number of anilines is 1. The van der Waals surface area contributed by atoms with Gasteiger partial charge >= 0.3 is 5.97 Å². The van der Waals surface area contributed by atoms with Crippen molar-refractivity contribution in [3.63, 3.8) is 0 Å². The number of hydrogen-bond acceptors (Lipinski definition) is 4. The summed E-state index contributed by atoms with van der Waals surface area (Å²) in [6.45, 7) is 0.338. The van der Waals surface area contributed by atoms with Crippen LogP contribution in [0.3, 0.4) is 0 Å². The number of rotatable bonds is 4. The van der Waals surface area contributed by atoms with E-state index in [2.05, 4.69) is 4.98 Å². The molecule has 1 aromatic carbocycles. The summed E-state index contributed by atoms with van der Waals surface area (Å²) in [7, 11) is 0. The second-order valence-electron chi connectivity index (χ2n) is 3.71. The van der Waals surface area contributed by atoms with Crippen molar-refractivity contribution in [1.82, 2.24) is 4.98 Å². The van der Waals surface area contributed by atoms with Crippen LogP contribution >= 0.6 is 0 Å². The molecule has 1 heterocycles. The molecular formula is C13H12N2O3. The molecule has 0 atom stereocenters. The fourth-order valence-corrected chi connectivity index (χ4v) is 1.46. The van der Waals surface area contributed by atoms with Crippen LogP contribution in [-0.4, -0.2) is 16.1 Å². The van der Waals surface area contributed by atoms with E-state index in [-0.39, 0.29) is 5.56 Å². The van der Waals surface area contributed by atoms with Gasteiger partial charge in [0.25, 0.3) is 0 Å². The summed E-state index contributed by atoms with van der Waals surface area (Å²) in [5.41, 5.74) is 7.08. The number of ether oxygens (including phenoxy) is 1. The molecule has 0 aliphatic rings. The van der Waals surface area contributed by atoms with Gasteiger partial charge in [0.1, 0.15) is 12.4 Å². The topological polar surface area (TPSA) is 85.4 Å². The third kappa shape index (κ3) is 2.76. The van der Waals surface area contributed by atoms with Crippen molar-refractivity contribution in [1.29, 1.82) is 0 Å². The van der Waals surface area contributed by atoms with Gasteiger partial charge in [-0.05, 0) is 24.3 Å². The molecule has 0 radical (unpaired) electrons. The number of pyridine rings is 1. The lowest BCUT2D eigenvalue weighted by Gasteiger charge is -2.09. The van der Waals surface area contributed by atoms with Gasteiger partial charge in [0.15, 0.2) is 0 Å². The van der Waals surface area contributed by atoms with Crippen molar-refractivity contribution < 1.29 is 14.6 Å². The smallest absolute Gasteiger partial charge is 0.335 e. The lowest BCUT2D eigenvalue weighted by molar-refractivity contribution is 0.0697. The van der Waals surface area contributed by atoms with E-state index in [0.717, 1.165) is 5.56 Å². The molecule has 5 heteroatoms. The van der Waals surface area contributed by atoms with E-state index in [0.29, 0.717) is 18.0 Å². The average Bonchev–Trinajstić information content (AvgIpc) is 2.38. The molecule has 0 bridgehead atoms. The SMILES string of the molecule is Nc1cc(C(=O)O)ccc1OCc1cccnc1. The maximum Gasteiger partial charge on any atom is 0.335 e. The molecule has 0 spiro atoms. The molecule has 18 heavy (non-hydrogen) atoms. The molecule has 5 nitrogen and oxygen atoms in total. The summed E-state index contributed by atoms with van der Waals surface area (Å²) in [6, 6.07) is 8.08. The normalized spacial score (nSPS) is 10.0. The Labute approximate surface area is 104 Å². The minimum atomic E-state index is -1.01. The highest BCUT2D eigenvalue weighted by Crippen LogP contribution is 2.23. The van der Waals surface area contributed by atoms with Gasteiger partial charge in [-0.3, -0.25) is 4.98 Å². The van der Waals surface area contributed by atoms with Gasteiger partial charge in [0.2, 0.25) is 0 Å². The van der Waals surface area contributed by atoms with Crippen molar-refractivity contribution in [3.05, 3.63) is 53.9 Å². The summed E-state index contributed by atoms with van der Waals surface area (Å²) in [5.74, 6) is -0.552. The monoisotopic (exact) mass is 244 g/mol. The molecule has 2 aromatic rings. The first kappa shape index (κ1) is 11.9. The molecule has 92 valence electrons. The summed E-state index contributed by atoms with van der Waals surface area (Å²) in [6.07, 6.45) is 3.38. The Bertz CT molecular complexity index is 555. The molecule has 0 fully saturated rings. The Kier molecular flexibility index (Phi) is 3.43. The van der Waals surface area contributed by atoms with E-state index in [1.807, 2.05) is 12.1 Å². The minimum Gasteiger partial charge on any atom is -0.487 e. The predicted octanol–water partition coefficient (Wildman–Crippen LogP) is 1.94. The number of carboxylic acids is 1. The number of carboxylic acid groups (broad SMARTS) is 1. The van der Waals surface area contributed by atoms with E-state index in [9.17, 15) is 4.79 Å². The van der Waals surface area contributed by atoms with Crippen molar-refractivity contribution in [2.24, 2.45) is 0 Å². The largest absolute Gasteiger partial charge is 0.487 e. The van der Waals surface area contributed by atoms with Gasteiger partial charge in [0.05, 0.1) is 11.3 Å². The van der Waals surface area contributed by atoms with Crippen LogP contribution in [0.1, 0.15) is 15.9 Å². The summed E-state index contributed by atoms with van der Waals surface area (Å²) in [4.78, 5) is 14.7. The number of aromatic nitrogens is 1. The lowest BCUT2D eigenvalue weighted by atomic mass is 10.2. The molecular weight excluding hydrogens is 232 g/mol. The zero-order chi connectivity index (χ0) is 13.0. The summed E-state index contributed by atoms with van der Waals surface area (Å²) >= 11 is 0. The highest BCUT2D eigenvalue weighted by molar-refractivity contribution is 5.89. The van der Waals surface area contributed by atoms with Crippen molar-refractivity contribution in [3.8, 4) is 5.75 Å². The number of carbonyl (C=O) groups is 1. The fourth-order valence-electron chi connectivity index (χ4n) is 1.46. The van der Waals surface area contributed by atoms with Crippen LogP contribution in [0.4, 0.5) is 5.69 Å². The Balaban J connectivity index is 2.08. The van der Waals surface area contributed by atoms with Gasteiger partial charge in [-0.15, -0.1) is 0 Å². The van der Waals surface area contributed by atoms with Gasteiger partial charge in [-0.25, -0.2) is 4.79 Å². The molecule has 0 saturated heterocycles. The van der Waals surface area contributed by atoms with E-state index in [1.54, 1.807) is 18.5 Å². The third-order valence-electron chi connectivity index (χ3n) is 2.37. The second kappa shape index (κ2) is 5.18. The molecule has 0 saturated carbocycles. The molecule has 0 unspecified atom stereocenters. The highest BCUT2D eigenvalue weighted by atomic mass is 16.5. The first-order chi connectivity index (χ1) is 8.66. The first-order valence-corrected chi connectivity index (χ1v) is 5.31. The molecule has 0 aliphatic heterocycles. The molecule has 3 N–H and O–H groups in total. The quantitative estimate of drug-likeness (QED) is 0.803. The van der Waals surface area contributed by atoms with Gasteiger partial charge in [0, 0.05) is 18.0 Å². The zero-order valence-corrected chi connectivity index (χ0v) is 9.54.